The summed E-state index contributed by atoms with van der Waals surface area (Å²) in [5, 5.41) is 5.59. The van der Waals surface area contributed by atoms with Gasteiger partial charge >= 0.3 is 0 Å². The molecule has 1 aliphatic heterocycles. The molecule has 1 aliphatic rings. The van der Waals surface area contributed by atoms with Gasteiger partial charge in [0.25, 0.3) is 5.91 Å². The number of nitrogens with one attached hydrogen (secondary N) is 2. The van der Waals surface area contributed by atoms with Crippen molar-refractivity contribution in [2.24, 2.45) is 0 Å². The molecule has 23 heavy (non-hydrogen) atoms. The topological polar surface area (TPSA) is 70.7 Å². The van der Waals surface area contributed by atoms with E-state index in [9.17, 15) is 9.59 Å². The molecule has 126 valence electrons. The zero-order valence-corrected chi connectivity index (χ0v) is 14.0. The number of anilines is 1. The Kier molecular flexibility index (Phi) is 5.84. The largest absolute Gasteiger partial charge is 0.477 e. The van der Waals surface area contributed by atoms with E-state index >= 15 is 0 Å². The molecule has 2 amide bonds. The second kappa shape index (κ2) is 7.85. The molecule has 0 saturated carbocycles. The smallest absolute Gasteiger partial charge is 0.262 e. The molecule has 0 radical (unpaired) electrons. The summed E-state index contributed by atoms with van der Waals surface area (Å²) in [6, 6.07) is 7.62. The molecule has 0 aliphatic carbocycles. The maximum atomic E-state index is 12.3. The van der Waals surface area contributed by atoms with Crippen LogP contribution in [0, 0.1) is 0 Å². The summed E-state index contributed by atoms with van der Waals surface area (Å²) in [6.45, 7) is 4.66. The van der Waals surface area contributed by atoms with Crippen molar-refractivity contribution >= 4 is 17.5 Å². The number of hydrogen-bond donors (Lipinski definition) is 2. The monoisotopic (exact) mass is 319 g/mol. The van der Waals surface area contributed by atoms with E-state index in [1.165, 1.54) is 0 Å². The van der Waals surface area contributed by atoms with Crippen molar-refractivity contribution in [2.45, 2.75) is 38.8 Å². The lowest BCUT2D eigenvalue weighted by Crippen LogP contribution is -2.51. The van der Waals surface area contributed by atoms with Gasteiger partial charge in [-0.25, -0.2) is 0 Å². The highest BCUT2D eigenvalue weighted by atomic mass is 16.5. The number of hydrogen-bond acceptors (Lipinski definition) is 4. The van der Waals surface area contributed by atoms with E-state index in [1.807, 2.05) is 36.1 Å². The molecule has 0 bridgehead atoms. The predicted molar refractivity (Wildman–Crippen MR) is 89.7 cm³/mol. The second-order valence-electron chi connectivity index (χ2n) is 5.83. The second-order valence-corrected chi connectivity index (χ2v) is 5.83. The van der Waals surface area contributed by atoms with Gasteiger partial charge < -0.3 is 20.3 Å². The van der Waals surface area contributed by atoms with Crippen LogP contribution in [0.4, 0.5) is 5.69 Å². The molecular formula is C17H25N3O3. The number of amides is 2. The van der Waals surface area contributed by atoms with E-state index in [0.29, 0.717) is 12.3 Å². The van der Waals surface area contributed by atoms with E-state index in [1.54, 1.807) is 7.05 Å². The van der Waals surface area contributed by atoms with Gasteiger partial charge in [-0.15, -0.1) is 0 Å². The SMILES string of the molecule is CCC[C@H](C)NC(=O)CN1C[C@H](C(=O)NC)Oc2ccccc21. The highest BCUT2D eigenvalue weighted by Gasteiger charge is 2.31. The van der Waals surface area contributed by atoms with Crippen molar-refractivity contribution in [3.63, 3.8) is 0 Å². The lowest BCUT2D eigenvalue weighted by molar-refractivity contribution is -0.127. The number of nitrogens with zero attached hydrogens (tertiary/aromatic N) is 1. The molecule has 2 N–H and O–H groups in total. The van der Waals surface area contributed by atoms with E-state index in [-0.39, 0.29) is 24.4 Å². The summed E-state index contributed by atoms with van der Waals surface area (Å²) in [7, 11) is 1.58. The normalized spacial score (nSPS) is 17.7. The maximum absolute atomic E-state index is 12.3. The highest BCUT2D eigenvalue weighted by molar-refractivity contribution is 5.86. The summed E-state index contributed by atoms with van der Waals surface area (Å²) < 4.78 is 5.73. The van der Waals surface area contributed by atoms with Crippen LogP contribution in [0.25, 0.3) is 0 Å². The first-order chi connectivity index (χ1) is 11.0. The van der Waals surface area contributed by atoms with Crippen LogP contribution in [-0.2, 0) is 9.59 Å². The molecule has 0 fully saturated rings. The fourth-order valence-electron chi connectivity index (χ4n) is 2.75. The predicted octanol–water partition coefficient (Wildman–Crippen LogP) is 1.30. The van der Waals surface area contributed by atoms with Crippen LogP contribution in [0.1, 0.15) is 26.7 Å². The van der Waals surface area contributed by atoms with Gasteiger partial charge in [0, 0.05) is 13.1 Å². The fourth-order valence-corrected chi connectivity index (χ4v) is 2.75. The van der Waals surface area contributed by atoms with Gasteiger partial charge in [0.1, 0.15) is 5.75 Å². The van der Waals surface area contributed by atoms with Crippen LogP contribution >= 0.6 is 0 Å². The van der Waals surface area contributed by atoms with Gasteiger partial charge in [-0.3, -0.25) is 9.59 Å². The molecule has 1 aromatic rings. The fraction of sp³-hybridized carbons (Fsp3) is 0.529. The zero-order chi connectivity index (χ0) is 16.8. The Bertz CT molecular complexity index is 562. The Morgan fingerprint density at radius 2 is 2.13 bits per heavy atom. The molecule has 1 aromatic carbocycles. The number of carbonyl (C=O) groups is 2. The molecule has 0 aromatic heterocycles. The maximum Gasteiger partial charge on any atom is 0.262 e. The van der Waals surface area contributed by atoms with Crippen LogP contribution in [-0.4, -0.2) is 44.1 Å². The molecule has 1 heterocycles. The number of likely N-dealkylation sites (N-methyl/N-ethyl adjacent to an activating group) is 1. The summed E-state index contributed by atoms with van der Waals surface area (Å²) >= 11 is 0. The molecule has 6 heteroatoms. The lowest BCUT2D eigenvalue weighted by Gasteiger charge is -2.35. The Balaban J connectivity index is 2.10. The van der Waals surface area contributed by atoms with E-state index in [2.05, 4.69) is 17.6 Å². The van der Waals surface area contributed by atoms with Gasteiger partial charge in [0.15, 0.2) is 6.10 Å². The van der Waals surface area contributed by atoms with Gasteiger partial charge in [-0.2, -0.15) is 0 Å². The first-order valence-electron chi connectivity index (χ1n) is 8.06. The zero-order valence-electron chi connectivity index (χ0n) is 14.0. The summed E-state index contributed by atoms with van der Waals surface area (Å²) in [4.78, 5) is 26.1. The lowest BCUT2D eigenvalue weighted by atomic mass is 10.1. The standard InChI is InChI=1S/C17H25N3O3/c1-4-7-12(2)19-16(21)11-20-10-15(17(22)18-3)23-14-9-6-5-8-13(14)20/h5-6,8-9,12,15H,4,7,10-11H2,1-3H3,(H,18,22)(H,19,21)/t12-,15+/m0/s1. The first-order valence-corrected chi connectivity index (χ1v) is 8.06. The molecule has 2 rings (SSSR count). The van der Waals surface area contributed by atoms with Crippen LogP contribution in [0.2, 0.25) is 0 Å². The minimum Gasteiger partial charge on any atom is -0.477 e. The summed E-state index contributed by atoms with van der Waals surface area (Å²) in [5.74, 6) is 0.393. The van der Waals surface area contributed by atoms with E-state index in [0.717, 1.165) is 18.5 Å². The number of benzene rings is 1. The molecule has 0 unspecified atom stereocenters. The van der Waals surface area contributed by atoms with Crippen molar-refractivity contribution in [1.82, 2.24) is 10.6 Å². The van der Waals surface area contributed by atoms with Crippen molar-refractivity contribution in [2.75, 3.05) is 25.0 Å². The molecule has 6 nitrogen and oxygen atoms in total. The quantitative estimate of drug-likeness (QED) is 0.829. The van der Waals surface area contributed by atoms with Crippen LogP contribution in [0.5, 0.6) is 5.75 Å². The first kappa shape index (κ1) is 17.1. The number of rotatable bonds is 6. The number of fused-ring (bicyclic) bond motifs is 1. The Morgan fingerprint density at radius 3 is 2.83 bits per heavy atom. The van der Waals surface area contributed by atoms with Crippen molar-refractivity contribution < 1.29 is 14.3 Å². The number of carbonyl (C=O) groups excluding carboxylic acids is 2. The van der Waals surface area contributed by atoms with Gasteiger partial charge in [0.05, 0.1) is 18.8 Å². The molecule has 2 atom stereocenters. The minimum atomic E-state index is -0.615. The third-order valence-corrected chi connectivity index (χ3v) is 3.86. The van der Waals surface area contributed by atoms with Crippen molar-refractivity contribution in [3.8, 4) is 5.75 Å². The minimum absolute atomic E-state index is 0.0432. The van der Waals surface area contributed by atoms with Crippen LogP contribution in [0.15, 0.2) is 24.3 Å². The Hall–Kier alpha value is -2.24. The average Bonchev–Trinajstić information content (AvgIpc) is 2.54. The Morgan fingerprint density at radius 1 is 1.39 bits per heavy atom. The van der Waals surface area contributed by atoms with Crippen LogP contribution < -0.4 is 20.3 Å². The third kappa shape index (κ3) is 4.37. The van der Waals surface area contributed by atoms with E-state index < -0.39 is 6.10 Å². The van der Waals surface area contributed by atoms with Crippen molar-refractivity contribution in [3.05, 3.63) is 24.3 Å². The number of para-hydroxylation sites is 2. The van der Waals surface area contributed by atoms with Gasteiger partial charge in [-0.1, -0.05) is 25.5 Å². The number of ether oxygens (including phenoxy) is 1. The molecule has 0 spiro atoms. The molecular weight excluding hydrogens is 294 g/mol. The summed E-state index contributed by atoms with van der Waals surface area (Å²) in [5.41, 5.74) is 0.839. The average molecular weight is 319 g/mol. The highest BCUT2D eigenvalue weighted by Crippen LogP contribution is 2.32. The Labute approximate surface area is 137 Å². The van der Waals surface area contributed by atoms with E-state index in [4.69, 9.17) is 4.74 Å². The van der Waals surface area contributed by atoms with Gasteiger partial charge in [0.2, 0.25) is 5.91 Å². The van der Waals surface area contributed by atoms with Gasteiger partial charge in [-0.05, 0) is 25.5 Å². The molecule has 0 saturated heterocycles. The third-order valence-electron chi connectivity index (χ3n) is 3.86. The van der Waals surface area contributed by atoms with Crippen LogP contribution in [0.3, 0.4) is 0 Å². The van der Waals surface area contributed by atoms with Crippen molar-refractivity contribution in [1.29, 1.82) is 0 Å². The summed E-state index contributed by atoms with van der Waals surface area (Å²) in [6.07, 6.45) is 1.36.